The maximum atomic E-state index is 12.2. The molecule has 0 aliphatic carbocycles. The van der Waals surface area contributed by atoms with Gasteiger partial charge in [-0.15, -0.1) is 0 Å². The van der Waals surface area contributed by atoms with Gasteiger partial charge < -0.3 is 4.57 Å². The lowest BCUT2D eigenvalue weighted by Crippen LogP contribution is -2.03. The Morgan fingerprint density at radius 1 is 1.14 bits per heavy atom. The van der Waals surface area contributed by atoms with E-state index in [-0.39, 0.29) is 5.78 Å². The van der Waals surface area contributed by atoms with Crippen LogP contribution < -0.4 is 0 Å². The van der Waals surface area contributed by atoms with Crippen LogP contribution in [0.2, 0.25) is 0 Å². The van der Waals surface area contributed by atoms with Crippen molar-refractivity contribution in [2.45, 2.75) is 12.1 Å². The summed E-state index contributed by atoms with van der Waals surface area (Å²) in [5.74, 6) is 0.535. The molecule has 0 N–H and O–H groups in total. The summed E-state index contributed by atoms with van der Waals surface area (Å²) in [6.07, 6.45) is 0. The number of nitrogens with zero attached hydrogens (tertiary/aromatic N) is 2. The minimum absolute atomic E-state index is 0.132. The van der Waals surface area contributed by atoms with E-state index in [2.05, 4.69) is 4.98 Å². The van der Waals surface area contributed by atoms with Crippen molar-refractivity contribution in [2.75, 3.05) is 5.75 Å². The molecule has 0 radical (unpaired) electrons. The predicted molar refractivity (Wildman–Crippen MR) is 86.9 cm³/mol. The molecule has 0 saturated heterocycles. The largest absolute Gasteiger partial charge is 0.322 e. The van der Waals surface area contributed by atoms with Gasteiger partial charge in [0.15, 0.2) is 10.9 Å². The summed E-state index contributed by atoms with van der Waals surface area (Å²) in [6, 6.07) is 15.7. The summed E-state index contributed by atoms with van der Waals surface area (Å²) in [6.45, 7) is 2.02. The van der Waals surface area contributed by atoms with Gasteiger partial charge in [-0.2, -0.15) is 0 Å². The van der Waals surface area contributed by atoms with Crippen molar-refractivity contribution in [3.05, 3.63) is 59.7 Å². The maximum absolute atomic E-state index is 12.2. The van der Waals surface area contributed by atoms with Crippen molar-refractivity contribution in [2.24, 2.45) is 7.05 Å². The molecule has 2 aromatic carbocycles. The molecular weight excluding hydrogens is 280 g/mol. The fourth-order valence-electron chi connectivity index (χ4n) is 2.21. The number of para-hydroxylation sites is 2. The average molecular weight is 296 g/mol. The number of rotatable bonds is 4. The second-order valence-electron chi connectivity index (χ2n) is 5.02. The van der Waals surface area contributed by atoms with Crippen molar-refractivity contribution < 1.29 is 4.79 Å². The Labute approximate surface area is 128 Å². The maximum Gasteiger partial charge on any atom is 0.173 e. The second-order valence-corrected chi connectivity index (χ2v) is 5.96. The number of carbonyl (C=O) groups excluding carboxylic acids is 1. The van der Waals surface area contributed by atoms with E-state index in [9.17, 15) is 4.79 Å². The summed E-state index contributed by atoms with van der Waals surface area (Å²) in [5.41, 5.74) is 3.97. The number of Topliss-reactive ketones (excluding diaryl/α,β-unsaturated/α-hetero) is 1. The van der Waals surface area contributed by atoms with E-state index in [1.165, 1.54) is 11.8 Å². The standard InChI is InChI=1S/C17H16N2OS/c1-12-7-9-13(10-8-12)16(20)11-21-17-18-14-5-3-4-6-15(14)19(17)2/h3-10H,11H2,1-2H3. The molecule has 0 amide bonds. The first-order valence-electron chi connectivity index (χ1n) is 6.79. The summed E-state index contributed by atoms with van der Waals surface area (Å²) < 4.78 is 2.03. The number of aryl methyl sites for hydroxylation is 2. The van der Waals surface area contributed by atoms with Gasteiger partial charge in [0.05, 0.1) is 16.8 Å². The lowest BCUT2D eigenvalue weighted by Gasteiger charge is -2.03. The van der Waals surface area contributed by atoms with E-state index in [1.54, 1.807) is 0 Å². The number of fused-ring (bicyclic) bond motifs is 1. The fourth-order valence-corrected chi connectivity index (χ4v) is 3.09. The number of carbonyl (C=O) groups is 1. The van der Waals surface area contributed by atoms with Crippen molar-refractivity contribution >= 4 is 28.6 Å². The molecule has 3 rings (SSSR count). The smallest absolute Gasteiger partial charge is 0.173 e. The molecule has 0 aliphatic heterocycles. The van der Waals surface area contributed by atoms with Crippen molar-refractivity contribution in [3.63, 3.8) is 0 Å². The van der Waals surface area contributed by atoms with Gasteiger partial charge in [-0.3, -0.25) is 4.79 Å². The Bertz CT molecular complexity index is 790. The Hall–Kier alpha value is -2.07. The van der Waals surface area contributed by atoms with Crippen LogP contribution in [0.4, 0.5) is 0 Å². The summed E-state index contributed by atoms with van der Waals surface area (Å²) >= 11 is 1.48. The third kappa shape index (κ3) is 2.85. The Kier molecular flexibility index (Phi) is 3.80. The lowest BCUT2D eigenvalue weighted by atomic mass is 10.1. The third-order valence-electron chi connectivity index (χ3n) is 3.45. The predicted octanol–water partition coefficient (Wildman–Crippen LogP) is 3.86. The molecule has 1 aromatic heterocycles. The summed E-state index contributed by atoms with van der Waals surface area (Å²) in [4.78, 5) is 16.8. The van der Waals surface area contributed by atoms with E-state index in [4.69, 9.17) is 0 Å². The van der Waals surface area contributed by atoms with E-state index in [1.807, 2.05) is 67.1 Å². The van der Waals surface area contributed by atoms with Gasteiger partial charge in [0.1, 0.15) is 0 Å². The van der Waals surface area contributed by atoms with E-state index in [0.717, 1.165) is 27.3 Å². The molecule has 0 saturated carbocycles. The Morgan fingerprint density at radius 3 is 2.57 bits per heavy atom. The molecule has 0 atom stereocenters. The fraction of sp³-hybridized carbons (Fsp3) is 0.176. The van der Waals surface area contributed by atoms with Crippen LogP contribution in [0.3, 0.4) is 0 Å². The van der Waals surface area contributed by atoms with E-state index < -0.39 is 0 Å². The van der Waals surface area contributed by atoms with Gasteiger partial charge >= 0.3 is 0 Å². The van der Waals surface area contributed by atoms with E-state index in [0.29, 0.717) is 5.75 Å². The zero-order valence-electron chi connectivity index (χ0n) is 12.0. The average Bonchev–Trinajstić information content (AvgIpc) is 2.82. The van der Waals surface area contributed by atoms with Crippen LogP contribution in [0.1, 0.15) is 15.9 Å². The summed E-state index contributed by atoms with van der Waals surface area (Å²) in [7, 11) is 1.98. The minimum Gasteiger partial charge on any atom is -0.322 e. The van der Waals surface area contributed by atoms with Crippen LogP contribution in [0, 0.1) is 6.92 Å². The topological polar surface area (TPSA) is 34.9 Å². The SMILES string of the molecule is Cc1ccc(C(=O)CSc2nc3ccccc3n2C)cc1. The number of hydrogen-bond acceptors (Lipinski definition) is 3. The first-order chi connectivity index (χ1) is 10.1. The number of aromatic nitrogens is 2. The lowest BCUT2D eigenvalue weighted by molar-refractivity contribution is 0.102. The van der Waals surface area contributed by atoms with Crippen molar-refractivity contribution in [1.82, 2.24) is 9.55 Å². The Morgan fingerprint density at radius 2 is 1.86 bits per heavy atom. The number of benzene rings is 2. The molecule has 106 valence electrons. The van der Waals surface area contributed by atoms with Crippen LogP contribution in [0.5, 0.6) is 0 Å². The zero-order chi connectivity index (χ0) is 14.8. The molecule has 3 nitrogen and oxygen atoms in total. The van der Waals surface area contributed by atoms with Gasteiger partial charge in [-0.05, 0) is 19.1 Å². The normalized spacial score (nSPS) is 11.0. The molecule has 3 aromatic rings. The number of imidazole rings is 1. The highest BCUT2D eigenvalue weighted by Gasteiger charge is 2.11. The van der Waals surface area contributed by atoms with Crippen LogP contribution in [0.25, 0.3) is 11.0 Å². The zero-order valence-corrected chi connectivity index (χ0v) is 12.9. The third-order valence-corrected chi connectivity index (χ3v) is 4.48. The molecule has 0 unspecified atom stereocenters. The van der Waals surface area contributed by atoms with Gasteiger partial charge in [0, 0.05) is 12.6 Å². The first kappa shape index (κ1) is 13.9. The quantitative estimate of drug-likeness (QED) is 0.542. The molecule has 21 heavy (non-hydrogen) atoms. The van der Waals surface area contributed by atoms with Gasteiger partial charge in [0.2, 0.25) is 0 Å². The molecule has 1 heterocycles. The highest BCUT2D eigenvalue weighted by Crippen LogP contribution is 2.23. The second kappa shape index (κ2) is 5.74. The van der Waals surface area contributed by atoms with Gasteiger partial charge in [0.25, 0.3) is 0 Å². The van der Waals surface area contributed by atoms with Crippen LogP contribution in [-0.4, -0.2) is 21.1 Å². The monoisotopic (exact) mass is 296 g/mol. The number of ketones is 1. The molecule has 0 fully saturated rings. The molecule has 4 heteroatoms. The Balaban J connectivity index is 1.75. The van der Waals surface area contributed by atoms with Gasteiger partial charge in [-0.25, -0.2) is 4.98 Å². The molecule has 0 aliphatic rings. The van der Waals surface area contributed by atoms with Crippen LogP contribution >= 0.6 is 11.8 Å². The number of thioether (sulfide) groups is 1. The van der Waals surface area contributed by atoms with Crippen molar-refractivity contribution in [1.29, 1.82) is 0 Å². The molecule has 0 bridgehead atoms. The number of hydrogen-bond donors (Lipinski definition) is 0. The summed E-state index contributed by atoms with van der Waals surface area (Å²) in [5, 5.41) is 0.872. The van der Waals surface area contributed by atoms with Crippen LogP contribution in [0.15, 0.2) is 53.7 Å². The highest BCUT2D eigenvalue weighted by molar-refractivity contribution is 7.99. The van der Waals surface area contributed by atoms with E-state index >= 15 is 0 Å². The van der Waals surface area contributed by atoms with Gasteiger partial charge in [-0.1, -0.05) is 53.7 Å². The van der Waals surface area contributed by atoms with Crippen molar-refractivity contribution in [3.8, 4) is 0 Å². The minimum atomic E-state index is 0.132. The van der Waals surface area contributed by atoms with Crippen LogP contribution in [-0.2, 0) is 7.05 Å². The highest BCUT2D eigenvalue weighted by atomic mass is 32.2. The molecule has 0 spiro atoms. The first-order valence-corrected chi connectivity index (χ1v) is 7.78. The molecular formula is C17H16N2OS.